The Morgan fingerprint density at radius 2 is 1.92 bits per heavy atom. The quantitative estimate of drug-likeness (QED) is 0.500. The smallest absolute Gasteiger partial charge is 0.350 e. The molecule has 1 atom stereocenters. The van der Waals surface area contributed by atoms with Crippen LogP contribution in [0.4, 0.5) is 0 Å². The summed E-state index contributed by atoms with van der Waals surface area (Å²) in [6.07, 6.45) is -0.685. The molecule has 9 nitrogen and oxygen atoms in total. The van der Waals surface area contributed by atoms with Crippen molar-refractivity contribution in [2.75, 3.05) is 13.0 Å². The molecule has 2 aromatic rings. The number of aromatic amines is 1. The highest BCUT2D eigenvalue weighted by Gasteiger charge is 2.19. The molecule has 136 valence electrons. The number of rotatable bonds is 7. The Labute approximate surface area is 146 Å². The van der Waals surface area contributed by atoms with Gasteiger partial charge in [0.25, 0.3) is 5.56 Å². The second-order valence-corrected chi connectivity index (χ2v) is 7.19. The number of aliphatic hydroxyl groups is 1. The van der Waals surface area contributed by atoms with Gasteiger partial charge in [-0.05, 0) is 6.07 Å². The monoisotopic (exact) mass is 390 g/mol. The first-order valence-corrected chi connectivity index (χ1v) is 9.24. The van der Waals surface area contributed by atoms with Gasteiger partial charge in [0.2, 0.25) is 0 Å². The molecule has 1 aromatic heterocycles. The summed E-state index contributed by atoms with van der Waals surface area (Å²) in [5.41, 5.74) is -0.835. The second kappa shape index (κ2) is 8.09. The minimum atomic E-state index is -4.42. The third-order valence-corrected chi connectivity index (χ3v) is 4.07. The van der Waals surface area contributed by atoms with Crippen LogP contribution in [0.1, 0.15) is 0 Å². The van der Waals surface area contributed by atoms with E-state index in [1.54, 1.807) is 24.3 Å². The summed E-state index contributed by atoms with van der Waals surface area (Å²) in [6, 6.07) is 6.56. The zero-order valence-electron chi connectivity index (χ0n) is 12.8. The lowest BCUT2D eigenvalue weighted by Crippen LogP contribution is -2.35. The first-order valence-electron chi connectivity index (χ1n) is 7.07. The summed E-state index contributed by atoms with van der Waals surface area (Å²) in [7, 11) is -4.42. The normalized spacial score (nSPS) is 13.0. The highest BCUT2D eigenvalue weighted by Crippen LogP contribution is 2.34. The van der Waals surface area contributed by atoms with Gasteiger partial charge >= 0.3 is 13.3 Å². The number of benzene rings is 1. The molecule has 0 aliphatic heterocycles. The van der Waals surface area contributed by atoms with Crippen molar-refractivity contribution in [2.45, 2.75) is 12.6 Å². The van der Waals surface area contributed by atoms with E-state index in [-0.39, 0.29) is 12.1 Å². The molecule has 2 rings (SSSR count). The molecule has 0 fully saturated rings. The van der Waals surface area contributed by atoms with Crippen molar-refractivity contribution >= 4 is 19.2 Å². The molecule has 25 heavy (non-hydrogen) atoms. The van der Waals surface area contributed by atoms with Gasteiger partial charge in [0.15, 0.2) is 0 Å². The molecule has 11 heteroatoms. The van der Waals surface area contributed by atoms with Crippen molar-refractivity contribution in [3.8, 4) is 11.1 Å². The summed E-state index contributed by atoms with van der Waals surface area (Å²) in [4.78, 5) is 43.8. The molecular weight excluding hydrogens is 375 g/mol. The van der Waals surface area contributed by atoms with E-state index < -0.39 is 37.9 Å². The average molecular weight is 391 g/mol. The molecule has 1 aromatic carbocycles. The van der Waals surface area contributed by atoms with E-state index in [9.17, 15) is 19.3 Å². The zero-order chi connectivity index (χ0) is 18.6. The van der Waals surface area contributed by atoms with E-state index in [0.717, 1.165) is 4.57 Å². The van der Waals surface area contributed by atoms with Crippen molar-refractivity contribution < 1.29 is 24.2 Å². The number of hydrogen-bond acceptors (Lipinski definition) is 5. The van der Waals surface area contributed by atoms with E-state index >= 15 is 0 Å². The Morgan fingerprint density at radius 1 is 1.24 bits per heavy atom. The van der Waals surface area contributed by atoms with Crippen LogP contribution in [0.15, 0.2) is 40.1 Å². The number of aliphatic hydroxyl groups excluding tert-OH is 1. The van der Waals surface area contributed by atoms with Crippen LogP contribution in [0.5, 0.6) is 0 Å². The van der Waals surface area contributed by atoms with Crippen molar-refractivity contribution in [1.29, 1.82) is 0 Å². The minimum absolute atomic E-state index is 0.136. The lowest BCUT2D eigenvalue weighted by molar-refractivity contribution is 0.0188. The van der Waals surface area contributed by atoms with Crippen molar-refractivity contribution in [3.63, 3.8) is 0 Å². The third-order valence-electron chi connectivity index (χ3n) is 3.26. The first kappa shape index (κ1) is 19.6. The summed E-state index contributed by atoms with van der Waals surface area (Å²) in [5.74, 6) is 0. The third kappa shape index (κ3) is 5.37. The average Bonchev–Trinajstić information content (AvgIpc) is 2.53. The first-order chi connectivity index (χ1) is 11.7. The Kier molecular flexibility index (Phi) is 6.34. The van der Waals surface area contributed by atoms with E-state index in [1.165, 1.54) is 6.20 Å². The predicted molar refractivity (Wildman–Crippen MR) is 90.6 cm³/mol. The molecule has 0 radical (unpaired) electrons. The molecule has 0 aliphatic carbocycles. The van der Waals surface area contributed by atoms with Gasteiger partial charge in [0.05, 0.1) is 24.8 Å². The molecule has 0 amide bonds. The topological polar surface area (TPSA) is 142 Å². The Hall–Kier alpha value is -1.74. The maximum atomic E-state index is 12.0. The van der Waals surface area contributed by atoms with Crippen LogP contribution in [0.2, 0.25) is 5.02 Å². The number of nitrogens with one attached hydrogen (secondary N) is 1. The number of halogens is 1. The lowest BCUT2D eigenvalue weighted by Gasteiger charge is -2.17. The molecular formula is C14H16ClN2O7P. The second-order valence-electron chi connectivity index (χ2n) is 5.20. The molecule has 0 saturated carbocycles. The van der Waals surface area contributed by atoms with Crippen LogP contribution in [-0.4, -0.2) is 43.5 Å². The fourth-order valence-corrected chi connectivity index (χ4v) is 2.74. The summed E-state index contributed by atoms with van der Waals surface area (Å²) in [6.45, 7) is -0.795. The zero-order valence-corrected chi connectivity index (χ0v) is 14.5. The Bertz CT molecular complexity index is 905. The number of hydrogen-bond donors (Lipinski definition) is 4. The fraction of sp³-hybridized carbons (Fsp3) is 0.286. The summed E-state index contributed by atoms with van der Waals surface area (Å²) >= 11 is 6.06. The highest BCUT2D eigenvalue weighted by molar-refractivity contribution is 7.51. The minimum Gasteiger partial charge on any atom is -0.394 e. The van der Waals surface area contributed by atoms with E-state index in [4.69, 9.17) is 26.1 Å². The van der Waals surface area contributed by atoms with Gasteiger partial charge in [-0.25, -0.2) is 4.79 Å². The van der Waals surface area contributed by atoms with Gasteiger partial charge in [-0.1, -0.05) is 29.8 Å². The molecule has 0 bridgehead atoms. The summed E-state index contributed by atoms with van der Waals surface area (Å²) in [5, 5.41) is 9.59. The van der Waals surface area contributed by atoms with Crippen LogP contribution >= 0.6 is 19.2 Å². The molecule has 1 heterocycles. The van der Waals surface area contributed by atoms with Crippen LogP contribution in [0, 0.1) is 0 Å². The van der Waals surface area contributed by atoms with Gasteiger partial charge in [0.1, 0.15) is 6.35 Å². The molecule has 0 aliphatic rings. The van der Waals surface area contributed by atoms with Crippen LogP contribution in [-0.2, 0) is 15.8 Å². The van der Waals surface area contributed by atoms with Crippen LogP contribution < -0.4 is 11.2 Å². The van der Waals surface area contributed by atoms with Crippen molar-refractivity contribution in [1.82, 2.24) is 9.55 Å². The van der Waals surface area contributed by atoms with E-state index in [2.05, 4.69) is 4.98 Å². The summed E-state index contributed by atoms with van der Waals surface area (Å²) < 4.78 is 16.8. The van der Waals surface area contributed by atoms with Gasteiger partial charge in [-0.15, -0.1) is 0 Å². The highest BCUT2D eigenvalue weighted by atomic mass is 35.5. The molecule has 0 spiro atoms. The number of nitrogens with zero attached hydrogens (tertiary/aromatic N) is 1. The van der Waals surface area contributed by atoms with Crippen molar-refractivity contribution in [3.05, 3.63) is 56.3 Å². The molecule has 4 N–H and O–H groups in total. The van der Waals surface area contributed by atoms with E-state index in [1.807, 2.05) is 0 Å². The molecule has 0 unspecified atom stereocenters. The Morgan fingerprint density at radius 3 is 2.52 bits per heavy atom. The van der Waals surface area contributed by atoms with Gasteiger partial charge in [-0.2, -0.15) is 0 Å². The van der Waals surface area contributed by atoms with E-state index in [0.29, 0.717) is 10.6 Å². The van der Waals surface area contributed by atoms with Gasteiger partial charge in [0, 0.05) is 16.8 Å². The maximum absolute atomic E-state index is 12.0. The maximum Gasteiger partial charge on any atom is 0.350 e. The van der Waals surface area contributed by atoms with Gasteiger partial charge in [-0.3, -0.25) is 18.9 Å². The largest absolute Gasteiger partial charge is 0.394 e. The van der Waals surface area contributed by atoms with Crippen LogP contribution in [0.3, 0.4) is 0 Å². The lowest BCUT2D eigenvalue weighted by atomic mass is 10.1. The van der Waals surface area contributed by atoms with Gasteiger partial charge < -0.3 is 19.6 Å². The standard InChI is InChI=1S/C14H16ClN2O7P/c15-12-4-2-1-3-10(12)11-6-17(14(20)16-13(11)19)5-9(7-18)24-8-25(21,22)23/h1-4,6,9,18H,5,7-8H2,(H,16,19,20)(H2,21,22,23)/t9-/m0/s1. The number of aromatic nitrogens is 2. The van der Waals surface area contributed by atoms with Crippen molar-refractivity contribution in [2.24, 2.45) is 0 Å². The number of H-pyrrole nitrogens is 1. The number of ether oxygens (including phenoxy) is 1. The Balaban J connectivity index is 2.34. The van der Waals surface area contributed by atoms with Crippen LogP contribution in [0.25, 0.3) is 11.1 Å². The predicted octanol–water partition coefficient (Wildman–Crippen LogP) is 0.370. The molecule has 0 saturated heterocycles. The SMILES string of the molecule is O=c1[nH]c(=O)n(C[C@@H](CO)OCP(=O)(O)O)cc1-c1ccccc1Cl. The fourth-order valence-electron chi connectivity index (χ4n) is 2.10.